The van der Waals surface area contributed by atoms with E-state index in [0.717, 1.165) is 5.56 Å². The lowest BCUT2D eigenvalue weighted by molar-refractivity contribution is 0.413. The van der Waals surface area contributed by atoms with Crippen LogP contribution in [0.4, 0.5) is 0 Å². The first-order chi connectivity index (χ1) is 12.0. The van der Waals surface area contributed by atoms with Crippen LogP contribution in [0.3, 0.4) is 0 Å². The molecule has 7 nitrogen and oxygen atoms in total. The molecule has 0 atom stereocenters. The van der Waals surface area contributed by atoms with Crippen molar-refractivity contribution < 1.29 is 9.26 Å². The topological polar surface area (TPSA) is 135 Å². The van der Waals surface area contributed by atoms with Crippen molar-refractivity contribution in [3.8, 4) is 28.3 Å². The van der Waals surface area contributed by atoms with E-state index in [9.17, 15) is 0 Å². The molecule has 0 radical (unpaired) electrons. The normalized spacial score (nSPS) is 10.4. The standard InChI is InChI=1S/C18H17N5O2/c1-24-15-6-5-12(18(21)22)8-13(15)14-9-16(25-23-14)10-3-2-4-11(7-10)17(19)20/h2-9H,1H3,(H3,19,20)(H3,21,22). The molecule has 0 unspecified atom stereocenters. The molecule has 1 heterocycles. The summed E-state index contributed by atoms with van der Waals surface area (Å²) in [6.07, 6.45) is 0. The fraction of sp³-hybridized carbons (Fsp3) is 0.0556. The molecule has 126 valence electrons. The second-order valence-corrected chi connectivity index (χ2v) is 5.40. The second-order valence-electron chi connectivity index (χ2n) is 5.40. The van der Waals surface area contributed by atoms with Gasteiger partial charge in [-0.1, -0.05) is 23.4 Å². The highest BCUT2D eigenvalue weighted by atomic mass is 16.5. The van der Waals surface area contributed by atoms with Crippen LogP contribution >= 0.6 is 0 Å². The Labute approximate surface area is 144 Å². The number of nitrogens with zero attached hydrogens (tertiary/aromatic N) is 1. The van der Waals surface area contributed by atoms with Crippen molar-refractivity contribution in [2.45, 2.75) is 0 Å². The number of rotatable bonds is 5. The van der Waals surface area contributed by atoms with Gasteiger partial charge in [-0.2, -0.15) is 0 Å². The molecule has 3 aromatic rings. The molecule has 0 aliphatic rings. The van der Waals surface area contributed by atoms with Gasteiger partial charge in [0.2, 0.25) is 0 Å². The number of benzene rings is 2. The van der Waals surface area contributed by atoms with E-state index in [1.54, 1.807) is 49.6 Å². The minimum Gasteiger partial charge on any atom is -0.496 e. The molecular weight excluding hydrogens is 318 g/mol. The Balaban J connectivity index is 2.05. The zero-order valence-electron chi connectivity index (χ0n) is 13.5. The monoisotopic (exact) mass is 335 g/mol. The van der Waals surface area contributed by atoms with Crippen LogP contribution in [-0.4, -0.2) is 23.9 Å². The van der Waals surface area contributed by atoms with Crippen LogP contribution in [0.15, 0.2) is 53.1 Å². The molecule has 0 aliphatic heterocycles. The third kappa shape index (κ3) is 3.20. The van der Waals surface area contributed by atoms with E-state index in [4.69, 9.17) is 31.5 Å². The smallest absolute Gasteiger partial charge is 0.167 e. The number of hydrogen-bond acceptors (Lipinski definition) is 5. The first-order valence-corrected chi connectivity index (χ1v) is 7.44. The Morgan fingerprint density at radius 3 is 2.40 bits per heavy atom. The Kier molecular flexibility index (Phi) is 4.21. The highest BCUT2D eigenvalue weighted by Crippen LogP contribution is 2.33. The maximum Gasteiger partial charge on any atom is 0.167 e. The Morgan fingerprint density at radius 2 is 1.72 bits per heavy atom. The molecule has 1 aromatic heterocycles. The van der Waals surface area contributed by atoms with Crippen molar-refractivity contribution in [2.24, 2.45) is 11.5 Å². The molecule has 0 bridgehead atoms. The van der Waals surface area contributed by atoms with Crippen LogP contribution < -0.4 is 16.2 Å². The number of aromatic nitrogens is 1. The van der Waals surface area contributed by atoms with E-state index in [1.807, 2.05) is 6.07 Å². The van der Waals surface area contributed by atoms with E-state index >= 15 is 0 Å². The minimum absolute atomic E-state index is 0.0163. The lowest BCUT2D eigenvalue weighted by atomic mass is 10.0. The van der Waals surface area contributed by atoms with Crippen LogP contribution in [0.2, 0.25) is 0 Å². The van der Waals surface area contributed by atoms with Crippen LogP contribution in [0.5, 0.6) is 5.75 Å². The fourth-order valence-corrected chi connectivity index (χ4v) is 2.45. The van der Waals surface area contributed by atoms with Gasteiger partial charge in [0.25, 0.3) is 0 Å². The fourth-order valence-electron chi connectivity index (χ4n) is 2.45. The molecule has 0 aliphatic carbocycles. The molecule has 0 spiro atoms. The summed E-state index contributed by atoms with van der Waals surface area (Å²) in [6, 6.07) is 14.1. The summed E-state index contributed by atoms with van der Waals surface area (Å²) < 4.78 is 10.8. The lowest BCUT2D eigenvalue weighted by Gasteiger charge is -2.07. The average Bonchev–Trinajstić information content (AvgIpc) is 3.11. The molecule has 3 rings (SSSR count). The molecule has 0 saturated carbocycles. The molecule has 0 amide bonds. The lowest BCUT2D eigenvalue weighted by Crippen LogP contribution is -2.11. The van der Waals surface area contributed by atoms with Gasteiger partial charge in [-0.15, -0.1) is 0 Å². The van der Waals surface area contributed by atoms with Crippen molar-refractivity contribution in [3.05, 3.63) is 59.7 Å². The maximum atomic E-state index is 7.59. The zero-order chi connectivity index (χ0) is 18.0. The number of nitrogen functional groups attached to an aromatic ring is 2. The van der Waals surface area contributed by atoms with Crippen molar-refractivity contribution in [1.82, 2.24) is 5.16 Å². The summed E-state index contributed by atoms with van der Waals surface area (Å²) in [4.78, 5) is 0. The van der Waals surface area contributed by atoms with Crippen molar-refractivity contribution in [1.29, 1.82) is 10.8 Å². The number of nitrogens with one attached hydrogen (secondary N) is 2. The van der Waals surface area contributed by atoms with Gasteiger partial charge in [0.05, 0.1) is 7.11 Å². The summed E-state index contributed by atoms with van der Waals surface area (Å²) in [7, 11) is 1.56. The van der Waals surface area contributed by atoms with E-state index in [0.29, 0.717) is 33.9 Å². The van der Waals surface area contributed by atoms with Gasteiger partial charge in [-0.25, -0.2) is 0 Å². The molecule has 0 fully saturated rings. The van der Waals surface area contributed by atoms with E-state index in [1.165, 1.54) is 0 Å². The Hall–Kier alpha value is -3.61. The third-order valence-electron chi connectivity index (χ3n) is 3.75. The molecule has 0 saturated heterocycles. The number of amidine groups is 2. The van der Waals surface area contributed by atoms with E-state index < -0.39 is 0 Å². The van der Waals surface area contributed by atoms with Gasteiger partial charge < -0.3 is 20.7 Å². The number of ether oxygens (including phenoxy) is 1. The van der Waals surface area contributed by atoms with Gasteiger partial charge in [0.1, 0.15) is 23.1 Å². The molecule has 2 aromatic carbocycles. The minimum atomic E-state index is -0.0400. The number of nitrogens with two attached hydrogens (primary N) is 2. The highest BCUT2D eigenvalue weighted by molar-refractivity contribution is 5.97. The SMILES string of the molecule is COc1ccc(C(=N)N)cc1-c1cc(-c2cccc(C(=N)N)c2)on1. The summed E-state index contributed by atoms with van der Waals surface area (Å²) in [6.45, 7) is 0. The predicted octanol–water partition coefficient (Wildman–Crippen LogP) is 2.59. The zero-order valence-corrected chi connectivity index (χ0v) is 13.5. The van der Waals surface area contributed by atoms with Crippen LogP contribution in [0.1, 0.15) is 11.1 Å². The first kappa shape index (κ1) is 16.3. The number of methoxy groups -OCH3 is 1. The van der Waals surface area contributed by atoms with Crippen molar-refractivity contribution >= 4 is 11.7 Å². The summed E-state index contributed by atoms with van der Waals surface area (Å²) in [5.41, 5.74) is 14.3. The van der Waals surface area contributed by atoms with Crippen LogP contribution in [0.25, 0.3) is 22.6 Å². The van der Waals surface area contributed by atoms with Gasteiger partial charge in [0.15, 0.2) is 5.76 Å². The Bertz CT molecular complexity index is 962. The summed E-state index contributed by atoms with van der Waals surface area (Å²) in [5, 5.41) is 19.2. The highest BCUT2D eigenvalue weighted by Gasteiger charge is 2.14. The van der Waals surface area contributed by atoms with Gasteiger partial charge in [-0.05, 0) is 24.3 Å². The average molecular weight is 335 g/mol. The number of hydrogen-bond donors (Lipinski definition) is 4. The van der Waals surface area contributed by atoms with Crippen LogP contribution in [-0.2, 0) is 0 Å². The predicted molar refractivity (Wildman–Crippen MR) is 96.0 cm³/mol. The summed E-state index contributed by atoms with van der Waals surface area (Å²) >= 11 is 0. The molecule has 7 heteroatoms. The Morgan fingerprint density at radius 1 is 1.00 bits per heavy atom. The van der Waals surface area contributed by atoms with E-state index in [2.05, 4.69) is 5.16 Å². The van der Waals surface area contributed by atoms with E-state index in [-0.39, 0.29) is 11.7 Å². The largest absolute Gasteiger partial charge is 0.496 e. The quantitative estimate of drug-likeness (QED) is 0.420. The van der Waals surface area contributed by atoms with Gasteiger partial charge >= 0.3 is 0 Å². The van der Waals surface area contributed by atoms with Crippen molar-refractivity contribution in [3.63, 3.8) is 0 Å². The molecule has 25 heavy (non-hydrogen) atoms. The molecule has 6 N–H and O–H groups in total. The molecular formula is C18H17N5O2. The van der Waals surface area contributed by atoms with Gasteiger partial charge in [0, 0.05) is 28.3 Å². The maximum absolute atomic E-state index is 7.59. The first-order valence-electron chi connectivity index (χ1n) is 7.44. The van der Waals surface area contributed by atoms with Gasteiger partial charge in [-0.3, -0.25) is 10.8 Å². The third-order valence-corrected chi connectivity index (χ3v) is 3.75. The second kappa shape index (κ2) is 6.48. The van der Waals surface area contributed by atoms with Crippen LogP contribution in [0, 0.1) is 10.8 Å². The summed E-state index contributed by atoms with van der Waals surface area (Å²) in [5.74, 6) is 1.08. The van der Waals surface area contributed by atoms with Crippen molar-refractivity contribution in [2.75, 3.05) is 7.11 Å².